The van der Waals surface area contributed by atoms with E-state index in [1.54, 1.807) is 0 Å². The maximum Gasteiger partial charge on any atom is 0.323 e. The minimum Gasteiger partial charge on any atom is -0.464 e. The zero-order valence-electron chi connectivity index (χ0n) is 11.1. The normalized spacial score (nSPS) is 18.9. The minimum atomic E-state index is 0.204. The SMILES string of the molecule is CCOc1nc(NN)nc(NCC2CCCCO2)n1. The van der Waals surface area contributed by atoms with Gasteiger partial charge in [-0.05, 0) is 26.2 Å². The van der Waals surface area contributed by atoms with E-state index in [1.807, 2.05) is 6.92 Å². The number of nitrogens with two attached hydrogens (primary N) is 1. The lowest BCUT2D eigenvalue weighted by Gasteiger charge is -2.22. The van der Waals surface area contributed by atoms with Gasteiger partial charge < -0.3 is 14.8 Å². The lowest BCUT2D eigenvalue weighted by Crippen LogP contribution is -2.27. The average Bonchev–Trinajstić information content (AvgIpc) is 2.46. The molecule has 1 saturated heterocycles. The van der Waals surface area contributed by atoms with Crippen LogP contribution < -0.4 is 21.3 Å². The van der Waals surface area contributed by atoms with E-state index in [2.05, 4.69) is 25.7 Å². The quantitative estimate of drug-likeness (QED) is 0.507. The van der Waals surface area contributed by atoms with Gasteiger partial charge in [-0.3, -0.25) is 5.43 Å². The second-order valence-corrected chi connectivity index (χ2v) is 4.21. The second-order valence-electron chi connectivity index (χ2n) is 4.21. The molecule has 19 heavy (non-hydrogen) atoms. The van der Waals surface area contributed by atoms with E-state index in [-0.39, 0.29) is 18.1 Å². The summed E-state index contributed by atoms with van der Waals surface area (Å²) >= 11 is 0. The van der Waals surface area contributed by atoms with Gasteiger partial charge in [0.15, 0.2) is 0 Å². The number of nitrogens with one attached hydrogen (secondary N) is 2. The van der Waals surface area contributed by atoms with E-state index >= 15 is 0 Å². The van der Waals surface area contributed by atoms with Gasteiger partial charge in [0.05, 0.1) is 12.7 Å². The molecule has 4 N–H and O–H groups in total. The summed E-state index contributed by atoms with van der Waals surface area (Å²) in [6.07, 6.45) is 3.59. The van der Waals surface area contributed by atoms with Crippen LogP contribution in [0.5, 0.6) is 6.01 Å². The highest BCUT2D eigenvalue weighted by atomic mass is 16.5. The van der Waals surface area contributed by atoms with Gasteiger partial charge in [0.1, 0.15) is 0 Å². The molecular formula is C11H20N6O2. The van der Waals surface area contributed by atoms with Crippen molar-refractivity contribution < 1.29 is 9.47 Å². The topological polar surface area (TPSA) is 107 Å². The van der Waals surface area contributed by atoms with Gasteiger partial charge >= 0.3 is 6.01 Å². The molecule has 2 rings (SSSR count). The molecule has 0 radical (unpaired) electrons. The first kappa shape index (κ1) is 13.8. The number of hydrogen-bond acceptors (Lipinski definition) is 8. The van der Waals surface area contributed by atoms with E-state index in [1.165, 1.54) is 6.42 Å². The summed E-state index contributed by atoms with van der Waals surface area (Å²) < 4.78 is 10.9. The lowest BCUT2D eigenvalue weighted by atomic mass is 10.1. The molecule has 0 aromatic carbocycles. The number of nitrogen functional groups attached to an aromatic ring is 1. The van der Waals surface area contributed by atoms with E-state index in [4.69, 9.17) is 15.3 Å². The predicted octanol–water partition coefficient (Wildman–Crippen LogP) is 0.537. The fraction of sp³-hybridized carbons (Fsp3) is 0.727. The maximum absolute atomic E-state index is 5.63. The number of anilines is 2. The Morgan fingerprint density at radius 2 is 2.16 bits per heavy atom. The van der Waals surface area contributed by atoms with Gasteiger partial charge in [0, 0.05) is 13.2 Å². The fourth-order valence-corrected chi connectivity index (χ4v) is 1.87. The molecule has 0 spiro atoms. The molecule has 1 aromatic rings. The third kappa shape index (κ3) is 4.18. The Balaban J connectivity index is 1.95. The highest BCUT2D eigenvalue weighted by Gasteiger charge is 2.14. The third-order valence-corrected chi connectivity index (χ3v) is 2.78. The van der Waals surface area contributed by atoms with Crippen molar-refractivity contribution in [3.63, 3.8) is 0 Å². The Hall–Kier alpha value is -1.67. The number of nitrogens with zero attached hydrogens (tertiary/aromatic N) is 3. The van der Waals surface area contributed by atoms with Gasteiger partial charge in [0.2, 0.25) is 11.9 Å². The predicted molar refractivity (Wildman–Crippen MR) is 70.9 cm³/mol. The molecule has 8 nitrogen and oxygen atoms in total. The zero-order chi connectivity index (χ0) is 13.5. The Morgan fingerprint density at radius 3 is 2.84 bits per heavy atom. The molecule has 1 aliphatic heterocycles. The van der Waals surface area contributed by atoms with Crippen molar-refractivity contribution in [2.75, 3.05) is 30.5 Å². The molecule has 0 aliphatic carbocycles. The maximum atomic E-state index is 5.63. The van der Waals surface area contributed by atoms with Crippen LogP contribution in [0.1, 0.15) is 26.2 Å². The standard InChI is InChI=1S/C11H20N6O2/c1-2-18-11-15-9(14-10(16-11)17-12)13-7-8-5-3-4-6-19-8/h8H,2-7,12H2,1H3,(H2,13,14,15,16,17). The van der Waals surface area contributed by atoms with Crippen LogP contribution in [0.4, 0.5) is 11.9 Å². The molecule has 1 unspecified atom stereocenters. The number of rotatable bonds is 6. The first-order valence-corrected chi connectivity index (χ1v) is 6.52. The number of hydrazine groups is 1. The molecule has 8 heteroatoms. The monoisotopic (exact) mass is 268 g/mol. The third-order valence-electron chi connectivity index (χ3n) is 2.78. The van der Waals surface area contributed by atoms with Crippen LogP contribution in [0.3, 0.4) is 0 Å². The summed E-state index contributed by atoms with van der Waals surface area (Å²) in [5.41, 5.74) is 2.39. The molecule has 1 atom stereocenters. The van der Waals surface area contributed by atoms with Gasteiger partial charge in [0.25, 0.3) is 0 Å². The Labute approximate surface area is 112 Å². The Kier molecular flexibility index (Phi) is 5.10. The van der Waals surface area contributed by atoms with Gasteiger partial charge in [-0.15, -0.1) is 0 Å². The van der Waals surface area contributed by atoms with Crippen LogP contribution in [-0.4, -0.2) is 40.8 Å². The average molecular weight is 268 g/mol. The van der Waals surface area contributed by atoms with Crippen LogP contribution >= 0.6 is 0 Å². The van der Waals surface area contributed by atoms with Crippen molar-refractivity contribution in [2.45, 2.75) is 32.3 Å². The van der Waals surface area contributed by atoms with E-state index < -0.39 is 0 Å². The summed E-state index contributed by atoms with van der Waals surface area (Å²) in [7, 11) is 0. The molecule has 0 saturated carbocycles. The largest absolute Gasteiger partial charge is 0.464 e. The summed E-state index contributed by atoms with van der Waals surface area (Å²) in [6, 6.07) is 0.248. The molecule has 1 aromatic heterocycles. The van der Waals surface area contributed by atoms with E-state index in [0.717, 1.165) is 19.4 Å². The van der Waals surface area contributed by atoms with Crippen LogP contribution in [0.25, 0.3) is 0 Å². The van der Waals surface area contributed by atoms with Crippen molar-refractivity contribution in [2.24, 2.45) is 5.84 Å². The van der Waals surface area contributed by atoms with E-state index in [9.17, 15) is 0 Å². The van der Waals surface area contributed by atoms with Crippen molar-refractivity contribution in [1.29, 1.82) is 0 Å². The molecule has 0 bridgehead atoms. The molecule has 106 valence electrons. The molecular weight excluding hydrogens is 248 g/mol. The molecule has 2 heterocycles. The number of aromatic nitrogens is 3. The van der Waals surface area contributed by atoms with Crippen molar-refractivity contribution >= 4 is 11.9 Å². The van der Waals surface area contributed by atoms with Gasteiger partial charge in [-0.2, -0.15) is 15.0 Å². The van der Waals surface area contributed by atoms with Crippen molar-refractivity contribution in [3.8, 4) is 6.01 Å². The fourth-order valence-electron chi connectivity index (χ4n) is 1.87. The molecule has 1 fully saturated rings. The Bertz CT molecular complexity index is 397. The van der Waals surface area contributed by atoms with Crippen LogP contribution in [0.15, 0.2) is 0 Å². The second kappa shape index (κ2) is 7.05. The zero-order valence-corrected chi connectivity index (χ0v) is 11.1. The Morgan fingerprint density at radius 1 is 1.32 bits per heavy atom. The summed E-state index contributed by atoms with van der Waals surface area (Å²) in [5, 5.41) is 3.13. The van der Waals surface area contributed by atoms with Gasteiger partial charge in [-0.1, -0.05) is 0 Å². The van der Waals surface area contributed by atoms with Crippen molar-refractivity contribution in [3.05, 3.63) is 0 Å². The lowest BCUT2D eigenvalue weighted by molar-refractivity contribution is 0.0246. The number of ether oxygens (including phenoxy) is 2. The van der Waals surface area contributed by atoms with Crippen LogP contribution in [-0.2, 0) is 4.74 Å². The van der Waals surface area contributed by atoms with Crippen LogP contribution in [0, 0.1) is 0 Å². The van der Waals surface area contributed by atoms with E-state index in [0.29, 0.717) is 19.1 Å². The number of hydrogen-bond donors (Lipinski definition) is 3. The van der Waals surface area contributed by atoms with Gasteiger partial charge in [-0.25, -0.2) is 5.84 Å². The first-order valence-electron chi connectivity index (χ1n) is 6.52. The van der Waals surface area contributed by atoms with Crippen LogP contribution in [0.2, 0.25) is 0 Å². The summed E-state index contributed by atoms with van der Waals surface area (Å²) in [4.78, 5) is 12.2. The highest BCUT2D eigenvalue weighted by molar-refractivity contribution is 5.34. The summed E-state index contributed by atoms with van der Waals surface area (Å²) in [6.45, 7) is 3.84. The molecule has 1 aliphatic rings. The highest BCUT2D eigenvalue weighted by Crippen LogP contribution is 2.14. The summed E-state index contributed by atoms with van der Waals surface area (Å²) in [5.74, 6) is 6.01. The first-order chi connectivity index (χ1) is 9.31. The molecule has 0 amide bonds. The minimum absolute atomic E-state index is 0.204. The smallest absolute Gasteiger partial charge is 0.323 e. The van der Waals surface area contributed by atoms with Crippen molar-refractivity contribution in [1.82, 2.24) is 15.0 Å².